The third kappa shape index (κ3) is 2.56. The van der Waals surface area contributed by atoms with E-state index in [0.29, 0.717) is 26.1 Å². The van der Waals surface area contributed by atoms with E-state index in [2.05, 4.69) is 5.10 Å². The molecule has 0 bridgehead atoms. The molecule has 9 nitrogen and oxygen atoms in total. The van der Waals surface area contributed by atoms with E-state index in [4.69, 9.17) is 9.84 Å². The molecule has 0 atom stereocenters. The Morgan fingerprint density at radius 3 is 2.83 bits per heavy atom. The largest absolute Gasteiger partial charge is 0.465 e. The van der Waals surface area contributed by atoms with Crippen LogP contribution in [0.4, 0.5) is 16.3 Å². The number of ether oxygens (including phenoxy) is 1. The molecule has 0 aliphatic carbocycles. The molecule has 0 aromatic carbocycles. The second-order valence-corrected chi connectivity index (χ2v) is 3.87. The molecule has 1 fully saturated rings. The van der Waals surface area contributed by atoms with Gasteiger partial charge in [0.2, 0.25) is 5.82 Å². The fourth-order valence-electron chi connectivity index (χ4n) is 1.84. The van der Waals surface area contributed by atoms with Crippen LogP contribution in [-0.2, 0) is 4.74 Å². The van der Waals surface area contributed by atoms with Gasteiger partial charge in [0, 0.05) is 13.2 Å². The van der Waals surface area contributed by atoms with E-state index in [1.165, 1.54) is 10.9 Å². The minimum Gasteiger partial charge on any atom is -0.465 e. The zero-order chi connectivity index (χ0) is 13.1. The highest BCUT2D eigenvalue weighted by Gasteiger charge is 2.25. The summed E-state index contributed by atoms with van der Waals surface area (Å²) < 4.78 is 6.62. The minimum atomic E-state index is -1.38. The van der Waals surface area contributed by atoms with E-state index in [0.717, 1.165) is 0 Å². The van der Waals surface area contributed by atoms with E-state index in [-0.39, 0.29) is 17.5 Å². The molecule has 2 heterocycles. The van der Waals surface area contributed by atoms with Gasteiger partial charge in [0.15, 0.2) is 0 Å². The Balaban J connectivity index is 2.26. The van der Waals surface area contributed by atoms with Crippen LogP contribution in [0.5, 0.6) is 0 Å². The predicted molar refractivity (Wildman–Crippen MR) is 59.6 cm³/mol. The summed E-state index contributed by atoms with van der Waals surface area (Å²) in [4.78, 5) is 20.7. The van der Waals surface area contributed by atoms with Gasteiger partial charge < -0.3 is 9.84 Å². The number of carbonyl (C=O) groups is 1. The van der Waals surface area contributed by atoms with Crippen LogP contribution in [0.1, 0.15) is 18.9 Å². The van der Waals surface area contributed by atoms with E-state index >= 15 is 0 Å². The van der Waals surface area contributed by atoms with Gasteiger partial charge in [-0.1, -0.05) is 0 Å². The maximum Gasteiger partial charge on any atom is 0.410 e. The Morgan fingerprint density at radius 1 is 1.61 bits per heavy atom. The third-order valence-corrected chi connectivity index (χ3v) is 2.70. The Labute approximate surface area is 101 Å². The van der Waals surface area contributed by atoms with Gasteiger partial charge in [0.1, 0.15) is 6.20 Å². The molecule has 0 saturated carbocycles. The molecule has 98 valence electrons. The number of hydrogen-bond donors (Lipinski definition) is 2. The third-order valence-electron chi connectivity index (χ3n) is 2.70. The van der Waals surface area contributed by atoms with Crippen molar-refractivity contribution in [3.05, 3.63) is 16.3 Å². The summed E-state index contributed by atoms with van der Waals surface area (Å²) in [5.74, 6) is -0.251. The maximum atomic E-state index is 10.8. The first-order valence-corrected chi connectivity index (χ1v) is 5.39. The van der Waals surface area contributed by atoms with Gasteiger partial charge in [-0.25, -0.2) is 4.79 Å². The number of hydrogen-bond acceptors (Lipinski definition) is 5. The Morgan fingerprint density at radius 2 is 2.28 bits per heavy atom. The van der Waals surface area contributed by atoms with Crippen LogP contribution in [0.15, 0.2) is 6.20 Å². The molecule has 1 aromatic heterocycles. The zero-order valence-corrected chi connectivity index (χ0v) is 9.40. The lowest BCUT2D eigenvalue weighted by molar-refractivity contribution is -0.384. The molecule has 2 rings (SSSR count). The maximum absolute atomic E-state index is 10.8. The molecule has 0 spiro atoms. The van der Waals surface area contributed by atoms with Gasteiger partial charge in [-0.15, -0.1) is 5.10 Å². The van der Waals surface area contributed by atoms with Gasteiger partial charge in [0.05, 0.1) is 11.0 Å². The number of amides is 1. The van der Waals surface area contributed by atoms with Crippen molar-refractivity contribution in [2.24, 2.45) is 0 Å². The Bertz CT molecular complexity index is 466. The number of nitrogens with one attached hydrogen (secondary N) is 1. The van der Waals surface area contributed by atoms with Crippen molar-refractivity contribution in [3.8, 4) is 0 Å². The first-order chi connectivity index (χ1) is 8.58. The van der Waals surface area contributed by atoms with Crippen LogP contribution >= 0.6 is 0 Å². The number of anilines is 1. The van der Waals surface area contributed by atoms with Gasteiger partial charge in [-0.3, -0.25) is 20.1 Å². The van der Waals surface area contributed by atoms with E-state index in [9.17, 15) is 14.9 Å². The Hall–Kier alpha value is -2.16. The molecule has 2 N–H and O–H groups in total. The van der Waals surface area contributed by atoms with Crippen molar-refractivity contribution in [3.63, 3.8) is 0 Å². The first kappa shape index (κ1) is 12.3. The van der Waals surface area contributed by atoms with Crippen molar-refractivity contribution >= 4 is 17.6 Å². The van der Waals surface area contributed by atoms with Gasteiger partial charge in [-0.05, 0) is 12.8 Å². The highest BCUT2D eigenvalue weighted by atomic mass is 16.6. The molecule has 18 heavy (non-hydrogen) atoms. The van der Waals surface area contributed by atoms with Crippen LogP contribution in [-0.4, -0.2) is 39.1 Å². The molecule has 1 saturated heterocycles. The summed E-state index contributed by atoms with van der Waals surface area (Å²) in [6.07, 6.45) is 1.27. The van der Waals surface area contributed by atoms with Crippen molar-refractivity contribution in [2.75, 3.05) is 18.5 Å². The van der Waals surface area contributed by atoms with E-state index < -0.39 is 11.0 Å². The molecule has 1 amide bonds. The van der Waals surface area contributed by atoms with Crippen LogP contribution in [0.2, 0.25) is 0 Å². The van der Waals surface area contributed by atoms with Gasteiger partial charge in [0.25, 0.3) is 0 Å². The topological polar surface area (TPSA) is 120 Å². The summed E-state index contributed by atoms with van der Waals surface area (Å²) in [5.41, 5.74) is -0.344. The summed E-state index contributed by atoms with van der Waals surface area (Å²) in [7, 11) is 0. The number of carboxylic acid groups (broad SMARTS) is 1. The van der Waals surface area contributed by atoms with Crippen LogP contribution in [0.3, 0.4) is 0 Å². The fourth-order valence-corrected chi connectivity index (χ4v) is 1.84. The highest BCUT2D eigenvalue weighted by Crippen LogP contribution is 2.27. The van der Waals surface area contributed by atoms with Crippen molar-refractivity contribution in [1.29, 1.82) is 0 Å². The molecule has 1 aliphatic rings. The van der Waals surface area contributed by atoms with Crippen LogP contribution in [0, 0.1) is 10.1 Å². The summed E-state index contributed by atoms with van der Waals surface area (Å²) in [6, 6.07) is 0.00166. The predicted octanol–water partition coefficient (Wildman–Crippen LogP) is 1.23. The summed E-state index contributed by atoms with van der Waals surface area (Å²) in [6.45, 7) is 1.14. The average molecular weight is 256 g/mol. The van der Waals surface area contributed by atoms with E-state index in [1.807, 2.05) is 5.32 Å². The van der Waals surface area contributed by atoms with Crippen LogP contribution in [0.25, 0.3) is 0 Å². The lowest BCUT2D eigenvalue weighted by Crippen LogP contribution is -2.20. The fraction of sp³-hybridized carbons (Fsp3) is 0.556. The first-order valence-electron chi connectivity index (χ1n) is 5.39. The molecule has 1 aromatic rings. The number of aromatic nitrogens is 2. The van der Waals surface area contributed by atoms with Crippen LogP contribution < -0.4 is 5.32 Å². The number of rotatable bonds is 3. The second kappa shape index (κ2) is 5.00. The Kier molecular flexibility index (Phi) is 3.42. The average Bonchev–Trinajstić information content (AvgIpc) is 2.73. The quantitative estimate of drug-likeness (QED) is 0.620. The minimum absolute atomic E-state index is 0.00166. The lowest BCUT2D eigenvalue weighted by atomic mass is 10.1. The second-order valence-electron chi connectivity index (χ2n) is 3.87. The smallest absolute Gasteiger partial charge is 0.410 e. The lowest BCUT2D eigenvalue weighted by Gasteiger charge is -2.21. The molecule has 1 aliphatic heterocycles. The summed E-state index contributed by atoms with van der Waals surface area (Å²) in [5, 5.41) is 25.2. The highest BCUT2D eigenvalue weighted by molar-refractivity contribution is 5.84. The molecule has 9 heteroatoms. The zero-order valence-electron chi connectivity index (χ0n) is 9.40. The molecular weight excluding hydrogens is 244 g/mol. The van der Waals surface area contributed by atoms with Crippen molar-refractivity contribution in [1.82, 2.24) is 9.78 Å². The SMILES string of the molecule is O=C(O)Nc1nn(C2CCOCC2)cc1[N+](=O)[O-]. The van der Waals surface area contributed by atoms with Crippen molar-refractivity contribution in [2.45, 2.75) is 18.9 Å². The van der Waals surface area contributed by atoms with E-state index in [1.54, 1.807) is 0 Å². The van der Waals surface area contributed by atoms with Gasteiger partial charge in [-0.2, -0.15) is 0 Å². The monoisotopic (exact) mass is 256 g/mol. The van der Waals surface area contributed by atoms with Gasteiger partial charge >= 0.3 is 11.8 Å². The molecule has 0 unspecified atom stereocenters. The molecular formula is C9H12N4O5. The summed E-state index contributed by atoms with van der Waals surface area (Å²) >= 11 is 0. The number of nitrogens with zero attached hydrogens (tertiary/aromatic N) is 3. The molecule has 0 radical (unpaired) electrons. The normalized spacial score (nSPS) is 16.4. The van der Waals surface area contributed by atoms with Crippen molar-refractivity contribution < 1.29 is 19.6 Å². The number of nitro groups is 1. The standard InChI is InChI=1S/C9H12N4O5/c14-9(15)10-8-7(13(16)17)5-12(11-8)6-1-3-18-4-2-6/h5-6H,1-4H2,(H,10,11)(H,14,15).